The Labute approximate surface area is 199 Å². The van der Waals surface area contributed by atoms with E-state index in [-0.39, 0.29) is 18.8 Å². The number of nitro groups is 1. The highest BCUT2D eigenvalue weighted by molar-refractivity contribution is 5.69. The van der Waals surface area contributed by atoms with E-state index in [4.69, 9.17) is 0 Å². The van der Waals surface area contributed by atoms with E-state index >= 15 is 0 Å². The van der Waals surface area contributed by atoms with Crippen LogP contribution in [-0.4, -0.2) is 125 Å². The van der Waals surface area contributed by atoms with Crippen molar-refractivity contribution in [2.75, 3.05) is 78.5 Å². The third kappa shape index (κ3) is 8.01. The Morgan fingerprint density at radius 3 is 2.12 bits per heavy atom. The van der Waals surface area contributed by atoms with Crippen molar-refractivity contribution in [3.63, 3.8) is 0 Å². The van der Waals surface area contributed by atoms with E-state index in [9.17, 15) is 29.9 Å². The highest BCUT2D eigenvalue weighted by Gasteiger charge is 2.35. The molecule has 4 rings (SSSR count). The van der Waals surface area contributed by atoms with Crippen molar-refractivity contribution < 1.29 is 29.2 Å². The predicted molar refractivity (Wildman–Crippen MR) is 125 cm³/mol. The zero-order valence-electron chi connectivity index (χ0n) is 19.7. The van der Waals surface area contributed by atoms with Gasteiger partial charge in [0.15, 0.2) is 6.54 Å². The molecule has 11 nitrogen and oxygen atoms in total. The third-order valence-corrected chi connectivity index (χ3v) is 6.95. The number of hydrogen-bond acceptors (Lipinski definition) is 7. The molecule has 0 spiro atoms. The standard InChI is InChI=1S/C23H35N5O6/c29-22(30)18-26-8-1-7-24-12-15-28(16-13-24,19-23(31)32)14-2-9-25(10-11-26)17-20-3-5-21(6-4-20)27(33)34/h3-6H,1-2,7-19H2,(H-,29,30,31,32)/p+1. The fourth-order valence-corrected chi connectivity index (χ4v) is 5.04. The monoisotopic (exact) mass is 478 g/mol. The number of piperazine rings is 1. The SMILES string of the molecule is O=C(O)CN1CCCN2CC[N+](CC(=O)O)(CCCN(Cc3ccc([N+](=O)[O-])cc3)CC1)CC2. The molecule has 0 aromatic heterocycles. The van der Waals surface area contributed by atoms with Gasteiger partial charge in [-0.1, -0.05) is 12.1 Å². The van der Waals surface area contributed by atoms with E-state index in [1.165, 1.54) is 12.1 Å². The highest BCUT2D eigenvalue weighted by Crippen LogP contribution is 2.17. The molecule has 188 valence electrons. The number of rotatable bonds is 7. The first-order chi connectivity index (χ1) is 16.2. The summed E-state index contributed by atoms with van der Waals surface area (Å²) in [6.45, 7) is 8.51. The Balaban J connectivity index is 1.73. The van der Waals surface area contributed by atoms with Crippen molar-refractivity contribution in [1.82, 2.24) is 14.7 Å². The maximum Gasteiger partial charge on any atom is 0.359 e. The summed E-state index contributed by atoms with van der Waals surface area (Å²) in [4.78, 5) is 40.1. The molecule has 1 aromatic rings. The molecule has 34 heavy (non-hydrogen) atoms. The molecule has 0 aliphatic carbocycles. The van der Waals surface area contributed by atoms with E-state index in [2.05, 4.69) is 9.80 Å². The van der Waals surface area contributed by atoms with Gasteiger partial charge in [0.2, 0.25) is 0 Å². The molecule has 3 heterocycles. The second-order valence-corrected chi connectivity index (χ2v) is 9.48. The topological polar surface area (TPSA) is 127 Å². The summed E-state index contributed by atoms with van der Waals surface area (Å²) in [5, 5.41) is 29.8. The molecule has 11 heteroatoms. The highest BCUT2D eigenvalue weighted by atomic mass is 16.6. The summed E-state index contributed by atoms with van der Waals surface area (Å²) in [5.41, 5.74) is 1.01. The Morgan fingerprint density at radius 2 is 1.50 bits per heavy atom. The van der Waals surface area contributed by atoms with Crippen LogP contribution >= 0.6 is 0 Å². The van der Waals surface area contributed by atoms with Crippen molar-refractivity contribution >= 4 is 17.6 Å². The largest absolute Gasteiger partial charge is 0.480 e. The van der Waals surface area contributed by atoms with E-state index in [1.807, 2.05) is 4.90 Å². The van der Waals surface area contributed by atoms with Crippen LogP contribution in [0, 0.1) is 10.1 Å². The lowest BCUT2D eigenvalue weighted by Crippen LogP contribution is -2.62. The zero-order chi connectivity index (χ0) is 24.6. The van der Waals surface area contributed by atoms with Crippen LogP contribution in [0.5, 0.6) is 0 Å². The molecule has 0 saturated carbocycles. The summed E-state index contributed by atoms with van der Waals surface area (Å²) in [7, 11) is 0. The molecule has 3 fully saturated rings. The number of carboxylic acids is 2. The molecule has 3 aliphatic heterocycles. The molecular weight excluding hydrogens is 442 g/mol. The lowest BCUT2D eigenvalue weighted by atomic mass is 10.1. The van der Waals surface area contributed by atoms with Gasteiger partial charge in [-0.3, -0.25) is 29.6 Å². The number of hydrogen-bond donors (Lipinski definition) is 2. The van der Waals surface area contributed by atoms with Gasteiger partial charge in [-0.05, 0) is 18.5 Å². The predicted octanol–water partition coefficient (Wildman–Crippen LogP) is 0.794. The van der Waals surface area contributed by atoms with Gasteiger partial charge in [0, 0.05) is 64.4 Å². The van der Waals surface area contributed by atoms with Gasteiger partial charge in [0.1, 0.15) is 0 Å². The van der Waals surface area contributed by atoms with E-state index in [1.54, 1.807) is 12.1 Å². The maximum atomic E-state index is 11.6. The molecule has 0 amide bonds. The van der Waals surface area contributed by atoms with Gasteiger partial charge >= 0.3 is 11.9 Å². The molecule has 2 N–H and O–H groups in total. The summed E-state index contributed by atoms with van der Waals surface area (Å²) in [6.07, 6.45) is 1.70. The van der Waals surface area contributed by atoms with Crippen LogP contribution in [0.3, 0.4) is 0 Å². The summed E-state index contributed by atoms with van der Waals surface area (Å²) in [5.74, 6) is -1.60. The first kappa shape index (κ1) is 26.0. The maximum absolute atomic E-state index is 11.6. The van der Waals surface area contributed by atoms with Gasteiger partial charge in [-0.25, -0.2) is 4.79 Å². The normalized spacial score (nSPS) is 25.5. The first-order valence-electron chi connectivity index (χ1n) is 11.9. The quantitative estimate of drug-likeness (QED) is 0.332. The molecule has 2 bridgehead atoms. The van der Waals surface area contributed by atoms with Gasteiger partial charge in [-0.15, -0.1) is 0 Å². The van der Waals surface area contributed by atoms with Crippen LogP contribution in [0.15, 0.2) is 24.3 Å². The van der Waals surface area contributed by atoms with E-state index < -0.39 is 16.9 Å². The van der Waals surface area contributed by atoms with E-state index in [0.29, 0.717) is 30.7 Å². The van der Waals surface area contributed by atoms with Crippen molar-refractivity contribution in [3.8, 4) is 0 Å². The minimum Gasteiger partial charge on any atom is -0.480 e. The summed E-state index contributed by atoms with van der Waals surface area (Å²) < 4.78 is 0.600. The van der Waals surface area contributed by atoms with Crippen LogP contribution < -0.4 is 0 Å². The summed E-state index contributed by atoms with van der Waals surface area (Å²) in [6, 6.07) is 6.53. The van der Waals surface area contributed by atoms with Crippen LogP contribution in [0.4, 0.5) is 5.69 Å². The van der Waals surface area contributed by atoms with Gasteiger partial charge in [0.25, 0.3) is 5.69 Å². The number of carbonyl (C=O) groups is 2. The average Bonchev–Trinajstić information content (AvgIpc) is 2.77. The number of aliphatic carboxylic acids is 2. The fraction of sp³-hybridized carbons (Fsp3) is 0.652. The Kier molecular flexibility index (Phi) is 9.34. The van der Waals surface area contributed by atoms with Gasteiger partial charge < -0.3 is 14.7 Å². The number of carboxylic acid groups (broad SMARTS) is 2. The minimum atomic E-state index is -0.836. The van der Waals surface area contributed by atoms with Crippen LogP contribution in [0.1, 0.15) is 18.4 Å². The number of fused-ring (bicyclic) bond motifs is 11. The molecule has 0 atom stereocenters. The Hall–Kier alpha value is -2.60. The number of benzene rings is 1. The van der Waals surface area contributed by atoms with Gasteiger partial charge in [0.05, 0.1) is 31.1 Å². The molecule has 0 unspecified atom stereocenters. The zero-order valence-corrected chi connectivity index (χ0v) is 19.7. The number of nitro benzene ring substituents is 1. The minimum absolute atomic E-state index is 0.00395. The van der Waals surface area contributed by atoms with Crippen LogP contribution in [0.25, 0.3) is 0 Å². The van der Waals surface area contributed by atoms with Gasteiger partial charge in [-0.2, -0.15) is 0 Å². The number of nitrogens with zero attached hydrogens (tertiary/aromatic N) is 5. The molecular formula is C23H36N5O6+. The van der Waals surface area contributed by atoms with Crippen molar-refractivity contribution in [2.24, 2.45) is 0 Å². The van der Waals surface area contributed by atoms with Crippen molar-refractivity contribution in [3.05, 3.63) is 39.9 Å². The number of non-ortho nitro benzene ring substituents is 1. The lowest BCUT2D eigenvalue weighted by molar-refractivity contribution is -0.925. The third-order valence-electron chi connectivity index (χ3n) is 6.95. The van der Waals surface area contributed by atoms with Crippen molar-refractivity contribution in [2.45, 2.75) is 19.4 Å². The van der Waals surface area contributed by atoms with Crippen LogP contribution in [-0.2, 0) is 16.1 Å². The molecule has 1 aromatic carbocycles. The molecule has 3 saturated heterocycles. The Bertz CT molecular complexity index is 841. The average molecular weight is 479 g/mol. The molecule has 0 radical (unpaired) electrons. The molecule has 3 aliphatic rings. The summed E-state index contributed by atoms with van der Waals surface area (Å²) >= 11 is 0. The fourth-order valence-electron chi connectivity index (χ4n) is 5.04. The second kappa shape index (κ2) is 12.2. The second-order valence-electron chi connectivity index (χ2n) is 9.48. The van der Waals surface area contributed by atoms with Crippen molar-refractivity contribution in [1.29, 1.82) is 0 Å². The van der Waals surface area contributed by atoms with E-state index in [0.717, 1.165) is 64.2 Å². The number of quaternary nitrogens is 1. The lowest BCUT2D eigenvalue weighted by Gasteiger charge is -2.44. The smallest absolute Gasteiger partial charge is 0.359 e. The first-order valence-corrected chi connectivity index (χ1v) is 11.9. The van der Waals surface area contributed by atoms with Crippen LogP contribution in [0.2, 0.25) is 0 Å². The Morgan fingerprint density at radius 1 is 0.853 bits per heavy atom.